The SMILES string of the molecule is NC(=O)c1ccccc1-c1cc(S(=O)(=O)c2ccc(OC(F)(F)F)cc2)sc1N. The van der Waals surface area contributed by atoms with E-state index >= 15 is 0 Å². The largest absolute Gasteiger partial charge is 0.573 e. The van der Waals surface area contributed by atoms with E-state index in [1.54, 1.807) is 18.2 Å². The van der Waals surface area contributed by atoms with Crippen molar-refractivity contribution in [3.8, 4) is 16.9 Å². The number of rotatable bonds is 5. The third-order valence-corrected chi connectivity index (χ3v) is 7.06. The van der Waals surface area contributed by atoms with Gasteiger partial charge in [-0.25, -0.2) is 8.42 Å². The average molecular weight is 442 g/mol. The fraction of sp³-hybridized carbons (Fsp3) is 0.0556. The van der Waals surface area contributed by atoms with Gasteiger partial charge in [0.25, 0.3) is 0 Å². The van der Waals surface area contributed by atoms with Crippen LogP contribution in [0.15, 0.2) is 63.7 Å². The van der Waals surface area contributed by atoms with E-state index in [9.17, 15) is 26.4 Å². The second kappa shape index (κ2) is 7.41. The number of sulfone groups is 1. The van der Waals surface area contributed by atoms with Gasteiger partial charge in [-0.05, 0) is 42.0 Å². The number of primary amides is 1. The van der Waals surface area contributed by atoms with E-state index in [0.717, 1.165) is 35.6 Å². The lowest BCUT2D eigenvalue weighted by Gasteiger charge is -2.09. The molecule has 0 spiro atoms. The first-order valence-electron chi connectivity index (χ1n) is 7.88. The summed E-state index contributed by atoms with van der Waals surface area (Å²) in [6.45, 7) is 0. The van der Waals surface area contributed by atoms with Crippen LogP contribution < -0.4 is 16.2 Å². The number of hydrogen-bond donors (Lipinski definition) is 2. The van der Waals surface area contributed by atoms with E-state index in [1.165, 1.54) is 12.1 Å². The Kier molecular flexibility index (Phi) is 5.28. The number of amides is 1. The lowest BCUT2D eigenvalue weighted by Crippen LogP contribution is -2.17. The van der Waals surface area contributed by atoms with Crippen molar-refractivity contribution < 1.29 is 31.1 Å². The van der Waals surface area contributed by atoms with Crippen molar-refractivity contribution in [2.75, 3.05) is 5.73 Å². The standard InChI is InChI=1S/C18H13F3N2O4S2/c19-18(20,21)27-10-5-7-11(8-6-10)29(25,26)15-9-14(17(23)28-15)12-3-1-2-4-13(12)16(22)24/h1-9H,23H2,(H2,22,24). The van der Waals surface area contributed by atoms with E-state index in [2.05, 4.69) is 4.74 Å². The minimum atomic E-state index is -4.88. The van der Waals surface area contributed by atoms with Gasteiger partial charge in [0.2, 0.25) is 15.7 Å². The number of nitrogen functional groups attached to an aromatic ring is 1. The molecule has 1 heterocycles. The van der Waals surface area contributed by atoms with Crippen LogP contribution in [0.25, 0.3) is 11.1 Å². The van der Waals surface area contributed by atoms with Crippen molar-refractivity contribution >= 4 is 32.1 Å². The van der Waals surface area contributed by atoms with Crippen molar-refractivity contribution in [1.29, 1.82) is 0 Å². The number of carbonyl (C=O) groups excluding carboxylic acids is 1. The molecule has 3 aromatic rings. The normalized spacial score (nSPS) is 12.0. The number of nitrogens with two attached hydrogens (primary N) is 2. The highest BCUT2D eigenvalue weighted by atomic mass is 32.2. The molecule has 6 nitrogen and oxygen atoms in total. The molecule has 0 bridgehead atoms. The highest BCUT2D eigenvalue weighted by molar-refractivity contribution is 7.93. The van der Waals surface area contributed by atoms with Gasteiger partial charge in [-0.2, -0.15) is 0 Å². The Balaban J connectivity index is 2.00. The second-order valence-corrected chi connectivity index (χ2v) is 9.04. The molecule has 0 aliphatic heterocycles. The minimum Gasteiger partial charge on any atom is -0.406 e. The number of anilines is 1. The molecule has 0 atom stereocenters. The molecule has 0 fully saturated rings. The van der Waals surface area contributed by atoms with Gasteiger partial charge < -0.3 is 16.2 Å². The number of halogens is 3. The van der Waals surface area contributed by atoms with Gasteiger partial charge in [0.1, 0.15) is 9.96 Å². The molecule has 4 N–H and O–H groups in total. The van der Waals surface area contributed by atoms with Gasteiger partial charge in [-0.15, -0.1) is 24.5 Å². The molecular formula is C18H13F3N2O4S2. The van der Waals surface area contributed by atoms with Crippen molar-refractivity contribution in [3.05, 3.63) is 60.2 Å². The Morgan fingerprint density at radius 3 is 2.21 bits per heavy atom. The molecule has 2 aromatic carbocycles. The molecule has 0 radical (unpaired) electrons. The first-order valence-corrected chi connectivity index (χ1v) is 10.2. The summed E-state index contributed by atoms with van der Waals surface area (Å²) in [7, 11) is -4.06. The zero-order chi connectivity index (χ0) is 21.4. The zero-order valence-electron chi connectivity index (χ0n) is 14.4. The smallest absolute Gasteiger partial charge is 0.406 e. The first kappa shape index (κ1) is 20.7. The van der Waals surface area contributed by atoms with Gasteiger partial charge in [-0.1, -0.05) is 18.2 Å². The molecule has 0 saturated carbocycles. The van der Waals surface area contributed by atoms with Gasteiger partial charge in [-0.3, -0.25) is 4.79 Å². The number of alkyl halides is 3. The molecule has 0 saturated heterocycles. The summed E-state index contributed by atoms with van der Waals surface area (Å²) < 4.78 is 66.1. The van der Waals surface area contributed by atoms with Gasteiger partial charge in [0.05, 0.1) is 9.90 Å². The molecule has 11 heteroatoms. The van der Waals surface area contributed by atoms with Crippen LogP contribution in [-0.4, -0.2) is 20.7 Å². The minimum absolute atomic E-state index is 0.131. The maximum Gasteiger partial charge on any atom is 0.573 e. The van der Waals surface area contributed by atoms with Crippen LogP contribution in [0, 0.1) is 0 Å². The Bertz CT molecular complexity index is 1170. The number of ether oxygens (including phenoxy) is 1. The number of carbonyl (C=O) groups is 1. The molecule has 3 rings (SSSR count). The monoisotopic (exact) mass is 442 g/mol. The van der Waals surface area contributed by atoms with Gasteiger partial charge in [0, 0.05) is 11.1 Å². The van der Waals surface area contributed by atoms with Gasteiger partial charge >= 0.3 is 6.36 Å². The van der Waals surface area contributed by atoms with E-state index < -0.39 is 27.9 Å². The second-order valence-electron chi connectivity index (χ2n) is 5.78. The maximum absolute atomic E-state index is 12.8. The summed E-state index contributed by atoms with van der Waals surface area (Å²) in [6, 6.07) is 11.4. The lowest BCUT2D eigenvalue weighted by molar-refractivity contribution is -0.274. The fourth-order valence-corrected chi connectivity index (χ4v) is 5.26. The predicted octanol–water partition coefficient (Wildman–Crippen LogP) is 3.83. The highest BCUT2D eigenvalue weighted by Crippen LogP contribution is 2.40. The summed E-state index contributed by atoms with van der Waals surface area (Å²) in [6.07, 6.45) is -4.88. The molecule has 152 valence electrons. The summed E-state index contributed by atoms with van der Waals surface area (Å²) >= 11 is 0.772. The Labute approximate surface area is 167 Å². The van der Waals surface area contributed by atoms with Gasteiger partial charge in [0.15, 0.2) is 0 Å². The van der Waals surface area contributed by atoms with Crippen LogP contribution in [0.5, 0.6) is 5.75 Å². The number of thiophene rings is 1. The van der Waals surface area contributed by atoms with Crippen LogP contribution in [-0.2, 0) is 9.84 Å². The van der Waals surface area contributed by atoms with Crippen LogP contribution >= 0.6 is 11.3 Å². The van der Waals surface area contributed by atoms with Crippen LogP contribution in [0.3, 0.4) is 0 Å². The molecule has 29 heavy (non-hydrogen) atoms. The third-order valence-electron chi connectivity index (χ3n) is 3.85. The molecule has 0 unspecified atom stereocenters. The van der Waals surface area contributed by atoms with E-state index in [1.807, 2.05) is 0 Å². The van der Waals surface area contributed by atoms with E-state index in [0.29, 0.717) is 11.1 Å². The quantitative estimate of drug-likeness (QED) is 0.624. The third kappa shape index (κ3) is 4.35. The summed E-state index contributed by atoms with van der Waals surface area (Å²) in [5.41, 5.74) is 12.2. The van der Waals surface area contributed by atoms with E-state index in [4.69, 9.17) is 11.5 Å². The zero-order valence-corrected chi connectivity index (χ0v) is 16.1. The Morgan fingerprint density at radius 2 is 1.62 bits per heavy atom. The van der Waals surface area contributed by atoms with Crippen LogP contribution in [0.2, 0.25) is 0 Å². The van der Waals surface area contributed by atoms with Crippen molar-refractivity contribution in [1.82, 2.24) is 0 Å². The summed E-state index contributed by atoms with van der Waals surface area (Å²) in [5, 5.41) is 0.147. The summed E-state index contributed by atoms with van der Waals surface area (Å²) in [4.78, 5) is 11.4. The maximum atomic E-state index is 12.8. The average Bonchev–Trinajstić information content (AvgIpc) is 3.03. The lowest BCUT2D eigenvalue weighted by atomic mass is 10.0. The molecule has 1 amide bonds. The topological polar surface area (TPSA) is 112 Å². The van der Waals surface area contributed by atoms with Crippen LogP contribution in [0.1, 0.15) is 10.4 Å². The molecule has 1 aromatic heterocycles. The fourth-order valence-electron chi connectivity index (χ4n) is 2.59. The Hall–Kier alpha value is -3.05. The van der Waals surface area contributed by atoms with E-state index in [-0.39, 0.29) is 19.7 Å². The van der Waals surface area contributed by atoms with Crippen LogP contribution in [0.4, 0.5) is 18.2 Å². The summed E-state index contributed by atoms with van der Waals surface area (Å²) in [5.74, 6) is -1.24. The molecule has 0 aliphatic carbocycles. The molecular weight excluding hydrogens is 429 g/mol. The Morgan fingerprint density at radius 1 is 1.00 bits per heavy atom. The number of hydrogen-bond acceptors (Lipinski definition) is 6. The van der Waals surface area contributed by atoms with Crippen molar-refractivity contribution in [2.45, 2.75) is 15.5 Å². The van der Waals surface area contributed by atoms with Crippen molar-refractivity contribution in [3.63, 3.8) is 0 Å². The first-order chi connectivity index (χ1) is 13.5. The van der Waals surface area contributed by atoms with Crippen molar-refractivity contribution in [2.24, 2.45) is 5.73 Å². The molecule has 0 aliphatic rings. The predicted molar refractivity (Wildman–Crippen MR) is 101 cm³/mol. The number of benzene rings is 2. The highest BCUT2D eigenvalue weighted by Gasteiger charge is 2.31.